The molecule has 0 aromatic heterocycles. The summed E-state index contributed by atoms with van der Waals surface area (Å²) in [5, 5.41) is 11.8. The lowest BCUT2D eigenvalue weighted by Gasteiger charge is -2.40. The summed E-state index contributed by atoms with van der Waals surface area (Å²) in [5.74, 6) is 0. The molecule has 0 amide bonds. The Balaban J connectivity index is 2.32. The third-order valence-corrected chi connectivity index (χ3v) is 3.35. The van der Waals surface area contributed by atoms with Crippen LogP contribution in [0.15, 0.2) is 18.2 Å². The molecule has 0 unspecified atom stereocenters. The number of nitrogens with zero attached hydrogens (tertiary/aromatic N) is 1. The summed E-state index contributed by atoms with van der Waals surface area (Å²) in [5.41, 5.74) is -0.912. The van der Waals surface area contributed by atoms with Gasteiger partial charge >= 0.3 is 6.18 Å². The van der Waals surface area contributed by atoms with Crippen molar-refractivity contribution in [2.45, 2.75) is 37.9 Å². The van der Waals surface area contributed by atoms with Gasteiger partial charge in [-0.05, 0) is 44.4 Å². The summed E-state index contributed by atoms with van der Waals surface area (Å²) in [4.78, 5) is 0. The van der Waals surface area contributed by atoms with Gasteiger partial charge in [-0.15, -0.1) is 0 Å². The molecule has 0 radical (unpaired) electrons. The average molecular weight is 254 g/mol. The van der Waals surface area contributed by atoms with Crippen molar-refractivity contribution < 1.29 is 13.2 Å². The van der Waals surface area contributed by atoms with E-state index in [1.165, 1.54) is 12.1 Å². The van der Waals surface area contributed by atoms with Crippen molar-refractivity contribution in [3.8, 4) is 6.07 Å². The lowest BCUT2D eigenvalue weighted by atomic mass is 9.78. The van der Waals surface area contributed by atoms with E-state index in [0.717, 1.165) is 25.3 Å². The number of nitrogens with one attached hydrogen (secondary N) is 1. The fourth-order valence-electron chi connectivity index (χ4n) is 2.13. The fourth-order valence-corrected chi connectivity index (χ4v) is 2.13. The second-order valence-corrected chi connectivity index (χ2v) is 4.91. The highest BCUT2D eigenvalue weighted by Gasteiger charge is 2.35. The molecule has 1 aliphatic carbocycles. The van der Waals surface area contributed by atoms with Crippen molar-refractivity contribution in [1.29, 1.82) is 5.26 Å². The molecular weight excluding hydrogens is 241 g/mol. The maximum atomic E-state index is 12.8. The molecule has 5 heteroatoms. The van der Waals surface area contributed by atoms with Gasteiger partial charge in [-0.3, -0.25) is 0 Å². The second kappa shape index (κ2) is 4.20. The van der Waals surface area contributed by atoms with Crippen LogP contribution >= 0.6 is 0 Å². The van der Waals surface area contributed by atoms with Gasteiger partial charge in [0.15, 0.2) is 0 Å². The zero-order chi connectivity index (χ0) is 13.4. The van der Waals surface area contributed by atoms with Gasteiger partial charge < -0.3 is 5.32 Å². The van der Waals surface area contributed by atoms with Crippen molar-refractivity contribution in [2.24, 2.45) is 0 Å². The minimum absolute atomic E-state index is 0.114. The normalized spacial score (nSPS) is 17.7. The summed E-state index contributed by atoms with van der Waals surface area (Å²) >= 11 is 0. The van der Waals surface area contributed by atoms with Crippen molar-refractivity contribution in [2.75, 3.05) is 5.32 Å². The highest BCUT2D eigenvalue weighted by atomic mass is 19.4. The van der Waals surface area contributed by atoms with Crippen LogP contribution in [0.5, 0.6) is 0 Å². The summed E-state index contributed by atoms with van der Waals surface area (Å²) in [6.45, 7) is 1.99. The molecule has 96 valence electrons. The van der Waals surface area contributed by atoms with Crippen molar-refractivity contribution in [3.63, 3.8) is 0 Å². The molecule has 1 aromatic carbocycles. The van der Waals surface area contributed by atoms with Crippen LogP contribution < -0.4 is 5.32 Å². The van der Waals surface area contributed by atoms with Crippen molar-refractivity contribution in [3.05, 3.63) is 29.3 Å². The zero-order valence-electron chi connectivity index (χ0n) is 9.93. The van der Waals surface area contributed by atoms with Gasteiger partial charge in [0.05, 0.1) is 17.2 Å². The van der Waals surface area contributed by atoms with Gasteiger partial charge in [-0.1, -0.05) is 0 Å². The molecule has 0 atom stereocenters. The Morgan fingerprint density at radius 3 is 2.44 bits per heavy atom. The van der Waals surface area contributed by atoms with E-state index in [0.29, 0.717) is 5.69 Å². The minimum Gasteiger partial charge on any atom is -0.380 e. The molecule has 1 aliphatic rings. The summed E-state index contributed by atoms with van der Waals surface area (Å²) in [6, 6.07) is 5.33. The smallest absolute Gasteiger partial charge is 0.380 e. The molecule has 2 nitrogen and oxygen atoms in total. The Kier molecular flexibility index (Phi) is 2.97. The van der Waals surface area contributed by atoms with Crippen LogP contribution in [0, 0.1) is 11.3 Å². The number of hydrogen-bond acceptors (Lipinski definition) is 2. The van der Waals surface area contributed by atoms with Gasteiger partial charge in [-0.25, -0.2) is 0 Å². The van der Waals surface area contributed by atoms with Gasteiger partial charge in [-0.2, -0.15) is 18.4 Å². The monoisotopic (exact) mass is 254 g/mol. The molecular formula is C13H13F3N2. The molecule has 1 saturated carbocycles. The Hall–Kier alpha value is -1.70. The summed E-state index contributed by atoms with van der Waals surface area (Å²) in [6.07, 6.45) is -1.50. The topological polar surface area (TPSA) is 35.8 Å². The van der Waals surface area contributed by atoms with Gasteiger partial charge in [0, 0.05) is 11.2 Å². The van der Waals surface area contributed by atoms with Crippen molar-refractivity contribution in [1.82, 2.24) is 0 Å². The quantitative estimate of drug-likeness (QED) is 0.867. The van der Waals surface area contributed by atoms with Gasteiger partial charge in [0.25, 0.3) is 0 Å². The average Bonchev–Trinajstić information content (AvgIpc) is 2.26. The zero-order valence-corrected chi connectivity index (χ0v) is 9.93. The van der Waals surface area contributed by atoms with E-state index in [1.54, 1.807) is 6.07 Å². The highest BCUT2D eigenvalue weighted by molar-refractivity contribution is 5.54. The fraction of sp³-hybridized carbons (Fsp3) is 0.462. The summed E-state index contributed by atoms with van der Waals surface area (Å²) < 4.78 is 38.3. The summed E-state index contributed by atoms with van der Waals surface area (Å²) in [7, 11) is 0. The number of rotatable bonds is 2. The van der Waals surface area contributed by atoms with Crippen LogP contribution in [0.2, 0.25) is 0 Å². The Bertz CT molecular complexity index is 496. The van der Waals surface area contributed by atoms with E-state index < -0.39 is 11.7 Å². The van der Waals surface area contributed by atoms with Crippen LogP contribution in [-0.4, -0.2) is 5.54 Å². The van der Waals surface area contributed by atoms with Gasteiger partial charge in [0.2, 0.25) is 0 Å². The predicted octanol–water partition coefficient (Wildman–Crippen LogP) is 3.93. The van der Waals surface area contributed by atoms with Crippen LogP contribution in [0.3, 0.4) is 0 Å². The largest absolute Gasteiger partial charge is 0.417 e. The molecule has 18 heavy (non-hydrogen) atoms. The third kappa shape index (κ3) is 2.42. The maximum Gasteiger partial charge on any atom is 0.417 e. The number of hydrogen-bond donors (Lipinski definition) is 1. The first-order chi connectivity index (χ1) is 8.34. The van der Waals surface area contributed by atoms with Crippen LogP contribution in [0.25, 0.3) is 0 Å². The lowest BCUT2D eigenvalue weighted by molar-refractivity contribution is -0.137. The number of alkyl halides is 3. The minimum atomic E-state index is -4.50. The lowest BCUT2D eigenvalue weighted by Crippen LogP contribution is -2.41. The number of benzene rings is 1. The molecule has 0 heterocycles. The first-order valence-corrected chi connectivity index (χ1v) is 5.74. The Morgan fingerprint density at radius 1 is 1.33 bits per heavy atom. The molecule has 1 fully saturated rings. The van der Waals surface area contributed by atoms with Crippen LogP contribution in [-0.2, 0) is 6.18 Å². The SMILES string of the molecule is CC1(Nc2ccc(C#N)c(C(F)(F)F)c2)CCC1. The Labute approximate surface area is 103 Å². The Morgan fingerprint density at radius 2 is 2.00 bits per heavy atom. The van der Waals surface area contributed by atoms with E-state index in [9.17, 15) is 13.2 Å². The predicted molar refractivity (Wildman–Crippen MR) is 62.0 cm³/mol. The molecule has 0 saturated heterocycles. The number of nitriles is 1. The van der Waals surface area contributed by atoms with Crippen LogP contribution in [0.4, 0.5) is 18.9 Å². The molecule has 1 aromatic rings. The molecule has 0 bridgehead atoms. The van der Waals surface area contributed by atoms with E-state index in [2.05, 4.69) is 5.32 Å². The first-order valence-electron chi connectivity index (χ1n) is 5.74. The van der Waals surface area contributed by atoms with E-state index >= 15 is 0 Å². The van der Waals surface area contributed by atoms with E-state index in [1.807, 2.05) is 6.92 Å². The van der Waals surface area contributed by atoms with Gasteiger partial charge in [0.1, 0.15) is 0 Å². The second-order valence-electron chi connectivity index (χ2n) is 4.91. The molecule has 1 N–H and O–H groups in total. The highest BCUT2D eigenvalue weighted by Crippen LogP contribution is 2.37. The first kappa shape index (κ1) is 12.7. The maximum absolute atomic E-state index is 12.8. The van der Waals surface area contributed by atoms with Crippen LogP contribution in [0.1, 0.15) is 37.3 Å². The van der Waals surface area contributed by atoms with E-state index in [4.69, 9.17) is 5.26 Å². The molecule has 0 aliphatic heterocycles. The molecule has 0 spiro atoms. The number of halogens is 3. The number of anilines is 1. The van der Waals surface area contributed by atoms with E-state index in [-0.39, 0.29) is 11.1 Å². The molecule has 2 rings (SSSR count). The van der Waals surface area contributed by atoms with Crippen molar-refractivity contribution >= 4 is 5.69 Å². The standard InChI is InChI=1S/C13H13F3N2/c1-12(5-2-6-12)18-10-4-3-9(8-17)11(7-10)13(14,15)16/h3-4,7,18H,2,5-6H2,1H3. The third-order valence-electron chi connectivity index (χ3n) is 3.35.